The van der Waals surface area contributed by atoms with E-state index in [1.54, 1.807) is 0 Å². The fourth-order valence-corrected chi connectivity index (χ4v) is 1.58. The quantitative estimate of drug-likeness (QED) is 0.631. The smallest absolute Gasteiger partial charge is 0.0733 e. The molecule has 1 atom stereocenters. The summed E-state index contributed by atoms with van der Waals surface area (Å²) in [6.07, 6.45) is 3.28. The summed E-state index contributed by atoms with van der Waals surface area (Å²) in [6, 6.07) is 0. The Labute approximate surface area is 68.3 Å². The number of nitrogens with one attached hydrogen (secondary N) is 1. The molecular weight excluding hydrogens is 142 g/mol. The normalized spacial score (nSPS) is 22.4. The Hall–Kier alpha value is -0.110. The first kappa shape index (κ1) is 9.89. The standard InChI is InChI=1S/C6H11NS.C2H6/c1-3-6-4-7-5(2)8-6;1-2/h4-5,7H,3H2,1-2H3;1-2H3. The van der Waals surface area contributed by atoms with Crippen LogP contribution in [0.15, 0.2) is 11.1 Å². The van der Waals surface area contributed by atoms with Crippen LogP contribution in [0.5, 0.6) is 0 Å². The minimum Gasteiger partial charge on any atom is -0.379 e. The molecule has 1 heterocycles. The SMILES string of the molecule is CC.CCC1=CNC(C)S1. The van der Waals surface area contributed by atoms with E-state index >= 15 is 0 Å². The van der Waals surface area contributed by atoms with Crippen molar-refractivity contribution in [1.82, 2.24) is 5.32 Å². The molecule has 1 unspecified atom stereocenters. The predicted octanol–water partition coefficient (Wildman–Crippen LogP) is 2.95. The highest BCUT2D eigenvalue weighted by Crippen LogP contribution is 2.26. The van der Waals surface area contributed by atoms with Crippen LogP contribution in [0.2, 0.25) is 0 Å². The molecule has 2 heteroatoms. The molecular formula is C8H17NS. The Morgan fingerprint density at radius 2 is 2.20 bits per heavy atom. The van der Waals surface area contributed by atoms with E-state index in [9.17, 15) is 0 Å². The fourth-order valence-electron chi connectivity index (χ4n) is 0.691. The average molecular weight is 159 g/mol. The second kappa shape index (κ2) is 5.66. The van der Waals surface area contributed by atoms with Crippen LogP contribution in [0, 0.1) is 0 Å². The first-order chi connectivity index (χ1) is 4.83. The van der Waals surface area contributed by atoms with Crippen LogP contribution in [0.3, 0.4) is 0 Å². The molecule has 60 valence electrons. The highest BCUT2D eigenvalue weighted by Gasteiger charge is 2.08. The van der Waals surface area contributed by atoms with Crippen molar-refractivity contribution >= 4 is 11.8 Å². The molecule has 0 bridgehead atoms. The minimum atomic E-state index is 0.602. The highest BCUT2D eigenvalue weighted by molar-refractivity contribution is 8.03. The van der Waals surface area contributed by atoms with Gasteiger partial charge in [0.15, 0.2) is 0 Å². The first-order valence-corrected chi connectivity index (χ1v) is 4.82. The molecule has 1 nitrogen and oxygen atoms in total. The summed E-state index contributed by atoms with van der Waals surface area (Å²) >= 11 is 1.92. The Balaban J connectivity index is 0.000000371. The molecule has 1 N–H and O–H groups in total. The topological polar surface area (TPSA) is 12.0 Å². The van der Waals surface area contributed by atoms with E-state index in [0.29, 0.717) is 5.37 Å². The zero-order valence-electron chi connectivity index (χ0n) is 7.27. The molecule has 0 aromatic carbocycles. The van der Waals surface area contributed by atoms with Gasteiger partial charge in [0, 0.05) is 11.1 Å². The van der Waals surface area contributed by atoms with Crippen LogP contribution in [0.25, 0.3) is 0 Å². The maximum Gasteiger partial charge on any atom is 0.0733 e. The summed E-state index contributed by atoms with van der Waals surface area (Å²) < 4.78 is 0. The van der Waals surface area contributed by atoms with Gasteiger partial charge in [0.25, 0.3) is 0 Å². The van der Waals surface area contributed by atoms with E-state index < -0.39 is 0 Å². The summed E-state index contributed by atoms with van der Waals surface area (Å²) in [7, 11) is 0. The van der Waals surface area contributed by atoms with Crippen LogP contribution >= 0.6 is 11.8 Å². The fraction of sp³-hybridized carbons (Fsp3) is 0.750. The lowest BCUT2D eigenvalue weighted by Crippen LogP contribution is -2.09. The van der Waals surface area contributed by atoms with Gasteiger partial charge in [-0.05, 0) is 13.3 Å². The van der Waals surface area contributed by atoms with Gasteiger partial charge < -0.3 is 5.32 Å². The van der Waals surface area contributed by atoms with Crippen LogP contribution in [0.4, 0.5) is 0 Å². The Kier molecular flexibility index (Phi) is 5.60. The van der Waals surface area contributed by atoms with Crippen LogP contribution in [-0.4, -0.2) is 5.37 Å². The van der Waals surface area contributed by atoms with Gasteiger partial charge in [0.05, 0.1) is 5.37 Å². The summed E-state index contributed by atoms with van der Waals surface area (Å²) in [4.78, 5) is 1.47. The van der Waals surface area contributed by atoms with Crippen LogP contribution in [0.1, 0.15) is 34.1 Å². The lowest BCUT2D eigenvalue weighted by Gasteiger charge is -1.99. The molecule has 0 saturated heterocycles. The highest BCUT2D eigenvalue weighted by atomic mass is 32.2. The number of allylic oxidation sites excluding steroid dienone is 1. The molecule has 0 aromatic rings. The summed E-state index contributed by atoms with van der Waals surface area (Å²) in [5, 5.41) is 3.82. The van der Waals surface area contributed by atoms with E-state index in [1.165, 1.54) is 11.3 Å². The van der Waals surface area contributed by atoms with Gasteiger partial charge in [0.2, 0.25) is 0 Å². The number of rotatable bonds is 1. The third kappa shape index (κ3) is 3.16. The zero-order valence-corrected chi connectivity index (χ0v) is 8.09. The molecule has 0 amide bonds. The van der Waals surface area contributed by atoms with Crippen LogP contribution in [-0.2, 0) is 0 Å². The van der Waals surface area contributed by atoms with Crippen molar-refractivity contribution in [3.8, 4) is 0 Å². The molecule has 1 aliphatic rings. The van der Waals surface area contributed by atoms with E-state index in [2.05, 4.69) is 25.4 Å². The third-order valence-corrected chi connectivity index (χ3v) is 2.35. The predicted molar refractivity (Wildman–Crippen MR) is 49.9 cm³/mol. The molecule has 0 saturated carbocycles. The van der Waals surface area contributed by atoms with Gasteiger partial charge in [-0.25, -0.2) is 0 Å². The number of hydrogen-bond donors (Lipinski definition) is 1. The molecule has 0 fully saturated rings. The Morgan fingerprint density at radius 1 is 1.60 bits per heavy atom. The zero-order chi connectivity index (χ0) is 7.98. The largest absolute Gasteiger partial charge is 0.379 e. The molecule has 0 spiro atoms. The molecule has 0 radical (unpaired) electrons. The molecule has 1 rings (SSSR count). The van der Waals surface area contributed by atoms with Crippen molar-refractivity contribution in [2.75, 3.05) is 0 Å². The second-order valence-electron chi connectivity index (χ2n) is 1.89. The van der Waals surface area contributed by atoms with E-state index in [1.807, 2.05) is 25.6 Å². The number of thioether (sulfide) groups is 1. The molecule has 1 aliphatic heterocycles. The maximum atomic E-state index is 3.22. The molecule has 0 aliphatic carbocycles. The summed E-state index contributed by atoms with van der Waals surface area (Å²) in [5.41, 5.74) is 0. The van der Waals surface area contributed by atoms with Crippen molar-refractivity contribution < 1.29 is 0 Å². The van der Waals surface area contributed by atoms with Gasteiger partial charge >= 0.3 is 0 Å². The second-order valence-corrected chi connectivity index (χ2v) is 3.36. The first-order valence-electron chi connectivity index (χ1n) is 3.94. The van der Waals surface area contributed by atoms with Crippen molar-refractivity contribution in [3.05, 3.63) is 11.1 Å². The molecule has 10 heavy (non-hydrogen) atoms. The van der Waals surface area contributed by atoms with Gasteiger partial charge in [-0.15, -0.1) is 11.8 Å². The summed E-state index contributed by atoms with van der Waals surface area (Å²) in [6.45, 7) is 8.35. The van der Waals surface area contributed by atoms with Gasteiger partial charge in [0.1, 0.15) is 0 Å². The summed E-state index contributed by atoms with van der Waals surface area (Å²) in [5.74, 6) is 0. The third-order valence-electron chi connectivity index (χ3n) is 1.16. The van der Waals surface area contributed by atoms with Crippen LogP contribution < -0.4 is 5.32 Å². The van der Waals surface area contributed by atoms with Gasteiger partial charge in [-0.1, -0.05) is 20.8 Å². The van der Waals surface area contributed by atoms with Crippen molar-refractivity contribution in [2.24, 2.45) is 0 Å². The van der Waals surface area contributed by atoms with Gasteiger partial charge in [-0.3, -0.25) is 0 Å². The minimum absolute atomic E-state index is 0.602. The lowest BCUT2D eigenvalue weighted by atomic mass is 10.5. The Morgan fingerprint density at radius 3 is 2.40 bits per heavy atom. The van der Waals surface area contributed by atoms with E-state index in [-0.39, 0.29) is 0 Å². The van der Waals surface area contributed by atoms with Crippen molar-refractivity contribution in [3.63, 3.8) is 0 Å². The average Bonchev–Trinajstić information content (AvgIpc) is 2.40. The van der Waals surface area contributed by atoms with Crippen molar-refractivity contribution in [2.45, 2.75) is 39.5 Å². The van der Waals surface area contributed by atoms with Crippen molar-refractivity contribution in [1.29, 1.82) is 0 Å². The molecule has 0 aromatic heterocycles. The van der Waals surface area contributed by atoms with E-state index in [4.69, 9.17) is 0 Å². The number of hydrogen-bond acceptors (Lipinski definition) is 2. The lowest BCUT2D eigenvalue weighted by molar-refractivity contribution is 0.872. The van der Waals surface area contributed by atoms with Gasteiger partial charge in [-0.2, -0.15) is 0 Å². The van der Waals surface area contributed by atoms with E-state index in [0.717, 1.165) is 0 Å². The Bertz CT molecular complexity index is 110. The maximum absolute atomic E-state index is 3.22. The monoisotopic (exact) mass is 159 g/mol.